The van der Waals surface area contributed by atoms with E-state index in [0.717, 1.165) is 18.7 Å². The Kier molecular flexibility index (Phi) is 9.18. The van der Waals surface area contributed by atoms with E-state index in [1.165, 1.54) is 77.7 Å². The average molecular weight is 446 g/mol. The fourth-order valence-corrected chi connectivity index (χ4v) is 6.96. The minimum Gasteiger partial charge on any atom is -0.504 e. The van der Waals surface area contributed by atoms with Gasteiger partial charge in [0.05, 0.1) is 7.11 Å². The summed E-state index contributed by atoms with van der Waals surface area (Å²) in [5.74, 6) is 0.569. The number of benzene rings is 1. The number of likely N-dealkylation sites (N-methyl/N-ethyl adjacent to an activating group) is 1. The van der Waals surface area contributed by atoms with Crippen LogP contribution >= 0.6 is 11.8 Å². The van der Waals surface area contributed by atoms with Crippen LogP contribution in [-0.4, -0.2) is 46.1 Å². The minimum absolute atomic E-state index is 0.0466. The van der Waals surface area contributed by atoms with Crippen molar-refractivity contribution in [3.05, 3.63) is 29.8 Å². The van der Waals surface area contributed by atoms with Crippen LogP contribution in [0.15, 0.2) is 24.3 Å². The number of amides is 1. The number of hydrogen-bond acceptors (Lipinski definition) is 4. The Labute approximate surface area is 192 Å². The first-order valence-electron chi connectivity index (χ1n) is 12.1. The normalized spacial score (nSPS) is 21.9. The number of ether oxygens (including phenoxy) is 1. The summed E-state index contributed by atoms with van der Waals surface area (Å²) in [6.07, 6.45) is 18.4. The molecule has 1 unspecified atom stereocenters. The summed E-state index contributed by atoms with van der Waals surface area (Å²) < 4.78 is 5.54. The van der Waals surface area contributed by atoms with Crippen LogP contribution in [0.5, 0.6) is 11.5 Å². The van der Waals surface area contributed by atoms with Gasteiger partial charge in [0.25, 0.3) is 0 Å². The highest BCUT2D eigenvalue weighted by molar-refractivity contribution is 8.01. The minimum atomic E-state index is 0.0466. The van der Waals surface area contributed by atoms with Gasteiger partial charge in [0.15, 0.2) is 11.5 Å². The Bertz CT molecular complexity index is 738. The molecule has 2 fully saturated rings. The molecule has 5 heteroatoms. The Morgan fingerprint density at radius 2 is 1.84 bits per heavy atom. The zero-order valence-electron chi connectivity index (χ0n) is 19.3. The average Bonchev–Trinajstić information content (AvgIpc) is 3.17. The third kappa shape index (κ3) is 6.93. The number of methoxy groups -OCH3 is 1. The molecule has 1 amide bonds. The summed E-state index contributed by atoms with van der Waals surface area (Å²) >= 11 is 2.19. The van der Waals surface area contributed by atoms with Crippen molar-refractivity contribution >= 4 is 23.7 Å². The summed E-state index contributed by atoms with van der Waals surface area (Å²) in [6.45, 7) is 3.62. The molecular formula is C26H39NO3S. The van der Waals surface area contributed by atoms with Gasteiger partial charge >= 0.3 is 0 Å². The predicted molar refractivity (Wildman–Crippen MR) is 131 cm³/mol. The van der Waals surface area contributed by atoms with Crippen LogP contribution < -0.4 is 4.74 Å². The Morgan fingerprint density at radius 3 is 2.45 bits per heavy atom. The molecule has 1 saturated heterocycles. The Morgan fingerprint density at radius 1 is 1.16 bits per heavy atom. The maximum atomic E-state index is 12.8. The second kappa shape index (κ2) is 11.8. The van der Waals surface area contributed by atoms with Crippen LogP contribution in [0.4, 0.5) is 0 Å². The molecule has 1 N–H and O–H groups in total. The number of phenols is 1. The van der Waals surface area contributed by atoms with Crippen LogP contribution in [0.3, 0.4) is 0 Å². The number of nitrogens with zero attached hydrogens (tertiary/aromatic N) is 1. The van der Waals surface area contributed by atoms with E-state index in [0.29, 0.717) is 15.7 Å². The van der Waals surface area contributed by atoms with Gasteiger partial charge in [-0.3, -0.25) is 4.79 Å². The number of hydrogen-bond donors (Lipinski definition) is 1. The summed E-state index contributed by atoms with van der Waals surface area (Å²) in [5, 5.41) is 10.5. The Hall–Kier alpha value is -1.62. The first-order chi connectivity index (χ1) is 15.0. The zero-order chi connectivity index (χ0) is 22.1. The van der Waals surface area contributed by atoms with Crippen molar-refractivity contribution in [2.24, 2.45) is 0 Å². The standard InChI is InChI=1S/C26H39NO3S/c1-3-27(25(29)14-12-21-11-13-24(30-2)23(28)19-21)20-22-15-18-26(31-22)16-9-7-5-4-6-8-10-17-26/h11-14,19,22,28H,3-10,15-18,20H2,1-2H3/b14-12+. The van der Waals surface area contributed by atoms with Crippen LogP contribution in [0.25, 0.3) is 6.08 Å². The summed E-state index contributed by atoms with van der Waals surface area (Å²) in [7, 11) is 1.53. The van der Waals surface area contributed by atoms with Crippen molar-refractivity contribution in [2.75, 3.05) is 20.2 Å². The predicted octanol–water partition coefficient (Wildman–Crippen LogP) is 6.42. The monoisotopic (exact) mass is 445 g/mol. The number of rotatable bonds is 6. The fourth-order valence-electron chi connectivity index (χ4n) is 5.00. The summed E-state index contributed by atoms with van der Waals surface area (Å²) in [6, 6.07) is 5.18. The maximum absolute atomic E-state index is 12.8. The molecule has 4 nitrogen and oxygen atoms in total. The van der Waals surface area contributed by atoms with Gasteiger partial charge in [0.2, 0.25) is 5.91 Å². The lowest BCUT2D eigenvalue weighted by molar-refractivity contribution is -0.125. The third-order valence-corrected chi connectivity index (χ3v) is 8.67. The van der Waals surface area contributed by atoms with Crippen LogP contribution in [-0.2, 0) is 4.79 Å². The second-order valence-electron chi connectivity index (χ2n) is 9.08. The maximum Gasteiger partial charge on any atom is 0.246 e. The fraction of sp³-hybridized carbons (Fsp3) is 0.654. The molecule has 1 atom stereocenters. The van der Waals surface area contributed by atoms with Gasteiger partial charge in [0.1, 0.15) is 0 Å². The molecule has 0 aromatic heterocycles. The number of phenolic OH excluding ortho intramolecular Hbond substituents is 1. The van der Waals surface area contributed by atoms with E-state index < -0.39 is 0 Å². The molecule has 172 valence electrons. The number of aromatic hydroxyl groups is 1. The lowest BCUT2D eigenvalue weighted by atomic mass is 9.88. The van der Waals surface area contributed by atoms with Crippen LogP contribution in [0.2, 0.25) is 0 Å². The quantitative estimate of drug-likeness (QED) is 0.513. The molecule has 1 aliphatic carbocycles. The van der Waals surface area contributed by atoms with Gasteiger partial charge in [-0.25, -0.2) is 0 Å². The smallest absolute Gasteiger partial charge is 0.246 e. The van der Waals surface area contributed by atoms with Crippen molar-refractivity contribution in [3.63, 3.8) is 0 Å². The van der Waals surface area contributed by atoms with E-state index in [2.05, 4.69) is 18.7 Å². The number of carbonyl (C=O) groups excluding carboxylic acids is 1. The van der Waals surface area contributed by atoms with Gasteiger partial charge in [-0.15, -0.1) is 11.8 Å². The molecule has 3 rings (SSSR count). The second-order valence-corrected chi connectivity index (χ2v) is 10.8. The highest BCUT2D eigenvalue weighted by Gasteiger charge is 2.39. The molecule has 1 aliphatic heterocycles. The van der Waals surface area contributed by atoms with E-state index in [1.54, 1.807) is 24.3 Å². The zero-order valence-corrected chi connectivity index (χ0v) is 20.1. The summed E-state index contributed by atoms with van der Waals surface area (Å²) in [4.78, 5) is 14.8. The summed E-state index contributed by atoms with van der Waals surface area (Å²) in [5.41, 5.74) is 0.790. The van der Waals surface area contributed by atoms with Crippen LogP contribution in [0, 0.1) is 0 Å². The highest BCUT2D eigenvalue weighted by Crippen LogP contribution is 2.50. The van der Waals surface area contributed by atoms with Crippen molar-refractivity contribution in [2.45, 2.75) is 87.5 Å². The van der Waals surface area contributed by atoms with Crippen molar-refractivity contribution in [1.29, 1.82) is 0 Å². The first-order valence-corrected chi connectivity index (χ1v) is 12.9. The molecule has 1 heterocycles. The molecule has 1 aromatic carbocycles. The van der Waals surface area contributed by atoms with Crippen molar-refractivity contribution in [3.8, 4) is 11.5 Å². The van der Waals surface area contributed by atoms with Gasteiger partial charge in [0, 0.05) is 29.2 Å². The molecule has 1 aromatic rings. The van der Waals surface area contributed by atoms with Gasteiger partial charge in [-0.05, 0) is 56.4 Å². The van der Waals surface area contributed by atoms with E-state index >= 15 is 0 Å². The molecule has 1 spiro atoms. The first kappa shape index (κ1) is 24.0. The van der Waals surface area contributed by atoms with E-state index in [1.807, 2.05) is 11.0 Å². The van der Waals surface area contributed by atoms with Gasteiger partial charge < -0.3 is 14.7 Å². The van der Waals surface area contributed by atoms with Crippen molar-refractivity contribution < 1.29 is 14.6 Å². The number of thioether (sulfide) groups is 1. The Balaban J connectivity index is 1.56. The van der Waals surface area contributed by atoms with Gasteiger partial charge in [-0.2, -0.15) is 0 Å². The molecule has 1 saturated carbocycles. The van der Waals surface area contributed by atoms with E-state index in [4.69, 9.17) is 4.74 Å². The molecule has 0 bridgehead atoms. The number of carbonyl (C=O) groups is 1. The van der Waals surface area contributed by atoms with Crippen LogP contribution in [0.1, 0.15) is 83.1 Å². The van der Waals surface area contributed by atoms with E-state index in [9.17, 15) is 9.90 Å². The van der Waals surface area contributed by atoms with Crippen molar-refractivity contribution in [1.82, 2.24) is 4.90 Å². The SMILES string of the molecule is CCN(CC1CCC2(CCCCCCCCC2)S1)C(=O)/C=C/c1ccc(OC)c(O)c1. The topological polar surface area (TPSA) is 49.8 Å². The molecule has 2 aliphatic rings. The molecule has 0 radical (unpaired) electrons. The van der Waals surface area contributed by atoms with Gasteiger partial charge in [-0.1, -0.05) is 51.0 Å². The third-order valence-electron chi connectivity index (χ3n) is 6.84. The molecule has 31 heavy (non-hydrogen) atoms. The molecular weight excluding hydrogens is 406 g/mol. The lowest BCUT2D eigenvalue weighted by Gasteiger charge is -2.31. The lowest BCUT2D eigenvalue weighted by Crippen LogP contribution is -2.35. The largest absolute Gasteiger partial charge is 0.504 e. The van der Waals surface area contributed by atoms with E-state index in [-0.39, 0.29) is 11.7 Å². The highest BCUT2D eigenvalue weighted by atomic mass is 32.2.